The zero-order valence-electron chi connectivity index (χ0n) is 14.3. The molecule has 0 bridgehead atoms. The second-order valence-electron chi connectivity index (χ2n) is 8.22. The van der Waals surface area contributed by atoms with Crippen LogP contribution < -0.4 is 5.32 Å². The molecule has 1 unspecified atom stereocenters. The van der Waals surface area contributed by atoms with Crippen molar-refractivity contribution in [1.82, 2.24) is 10.2 Å². The van der Waals surface area contributed by atoms with Gasteiger partial charge < -0.3 is 10.1 Å². The average molecular weight is 270 g/mol. The van der Waals surface area contributed by atoms with Gasteiger partial charge in [0.1, 0.15) is 0 Å². The van der Waals surface area contributed by atoms with Gasteiger partial charge in [-0.25, -0.2) is 0 Å². The highest BCUT2D eigenvalue weighted by atomic mass is 16.5. The number of nitrogens with one attached hydrogen (secondary N) is 1. The molecule has 1 saturated heterocycles. The van der Waals surface area contributed by atoms with Crippen molar-refractivity contribution in [2.45, 2.75) is 84.6 Å². The molecule has 1 atom stereocenters. The van der Waals surface area contributed by atoms with Gasteiger partial charge in [-0.2, -0.15) is 0 Å². The Morgan fingerprint density at radius 3 is 1.95 bits per heavy atom. The van der Waals surface area contributed by atoms with Crippen LogP contribution in [0.5, 0.6) is 0 Å². The first-order chi connectivity index (χ1) is 8.44. The first-order valence-electron chi connectivity index (χ1n) is 7.63. The van der Waals surface area contributed by atoms with Crippen molar-refractivity contribution >= 4 is 0 Å². The molecule has 1 heterocycles. The van der Waals surface area contributed by atoms with Gasteiger partial charge in [0.25, 0.3) is 0 Å². The lowest BCUT2D eigenvalue weighted by Gasteiger charge is -2.50. The van der Waals surface area contributed by atoms with Gasteiger partial charge in [-0.05, 0) is 54.9 Å². The van der Waals surface area contributed by atoms with E-state index in [2.05, 4.69) is 65.6 Å². The summed E-state index contributed by atoms with van der Waals surface area (Å²) in [6, 6.07) is 0.585. The van der Waals surface area contributed by atoms with E-state index in [0.717, 1.165) is 19.6 Å². The quantitative estimate of drug-likeness (QED) is 0.850. The fourth-order valence-corrected chi connectivity index (χ4v) is 3.06. The zero-order chi connectivity index (χ0) is 14.9. The highest BCUT2D eigenvalue weighted by molar-refractivity contribution is 4.92. The summed E-state index contributed by atoms with van der Waals surface area (Å²) >= 11 is 0. The molecular formula is C16H34N2O. The minimum absolute atomic E-state index is 0.0586. The van der Waals surface area contributed by atoms with Crippen LogP contribution in [-0.4, -0.2) is 47.3 Å². The summed E-state index contributed by atoms with van der Waals surface area (Å²) in [6.07, 6.45) is 1.18. The SMILES string of the molecule is CCC(CNC(C)(C)C)N1CC(C)(C)OC(C)(C)C1. The molecule has 0 spiro atoms. The van der Waals surface area contributed by atoms with E-state index in [9.17, 15) is 0 Å². The molecule has 0 radical (unpaired) electrons. The van der Waals surface area contributed by atoms with Crippen LogP contribution in [0, 0.1) is 0 Å². The van der Waals surface area contributed by atoms with E-state index in [1.165, 1.54) is 6.42 Å². The highest BCUT2D eigenvalue weighted by Crippen LogP contribution is 2.29. The van der Waals surface area contributed by atoms with E-state index in [4.69, 9.17) is 4.74 Å². The normalized spacial score (nSPS) is 25.3. The largest absolute Gasteiger partial charge is 0.367 e. The number of hydrogen-bond donors (Lipinski definition) is 1. The molecule has 1 aliphatic rings. The van der Waals surface area contributed by atoms with Crippen LogP contribution in [0.1, 0.15) is 61.8 Å². The van der Waals surface area contributed by atoms with Gasteiger partial charge in [-0.15, -0.1) is 0 Å². The minimum atomic E-state index is -0.0586. The Kier molecular flexibility index (Phi) is 5.09. The number of hydrogen-bond acceptors (Lipinski definition) is 3. The number of nitrogens with zero attached hydrogens (tertiary/aromatic N) is 1. The number of morpholine rings is 1. The second-order valence-corrected chi connectivity index (χ2v) is 8.22. The Bertz CT molecular complexity index is 276. The lowest BCUT2D eigenvalue weighted by Crippen LogP contribution is -2.61. The Morgan fingerprint density at radius 1 is 1.11 bits per heavy atom. The van der Waals surface area contributed by atoms with E-state index >= 15 is 0 Å². The lowest BCUT2D eigenvalue weighted by molar-refractivity contribution is -0.187. The van der Waals surface area contributed by atoms with Crippen molar-refractivity contribution in [2.24, 2.45) is 0 Å². The van der Waals surface area contributed by atoms with Crippen LogP contribution in [0.4, 0.5) is 0 Å². The van der Waals surface area contributed by atoms with Gasteiger partial charge >= 0.3 is 0 Å². The summed E-state index contributed by atoms with van der Waals surface area (Å²) in [7, 11) is 0. The van der Waals surface area contributed by atoms with Crippen LogP contribution in [0.15, 0.2) is 0 Å². The van der Waals surface area contributed by atoms with Crippen molar-refractivity contribution in [1.29, 1.82) is 0 Å². The van der Waals surface area contributed by atoms with Gasteiger partial charge in [0.2, 0.25) is 0 Å². The molecule has 114 valence electrons. The Labute approximate surface area is 120 Å². The molecule has 1 rings (SSSR count). The van der Waals surface area contributed by atoms with Crippen molar-refractivity contribution in [2.75, 3.05) is 19.6 Å². The predicted molar refractivity (Wildman–Crippen MR) is 82.7 cm³/mol. The smallest absolute Gasteiger partial charge is 0.0760 e. The molecule has 1 aliphatic heterocycles. The van der Waals surface area contributed by atoms with Gasteiger partial charge in [0.05, 0.1) is 11.2 Å². The fourth-order valence-electron chi connectivity index (χ4n) is 3.06. The molecule has 0 aliphatic carbocycles. The molecule has 19 heavy (non-hydrogen) atoms. The number of rotatable bonds is 4. The molecule has 3 nitrogen and oxygen atoms in total. The molecule has 0 saturated carbocycles. The molecule has 0 amide bonds. The first kappa shape index (κ1) is 16.9. The van der Waals surface area contributed by atoms with E-state index in [1.807, 2.05) is 0 Å². The van der Waals surface area contributed by atoms with Crippen LogP contribution in [0.3, 0.4) is 0 Å². The van der Waals surface area contributed by atoms with Crippen LogP contribution in [0.25, 0.3) is 0 Å². The summed E-state index contributed by atoms with van der Waals surface area (Å²) in [4.78, 5) is 2.60. The number of ether oxygens (including phenoxy) is 1. The van der Waals surface area contributed by atoms with Gasteiger partial charge in [-0.3, -0.25) is 4.90 Å². The average Bonchev–Trinajstić information content (AvgIpc) is 2.11. The van der Waals surface area contributed by atoms with E-state index < -0.39 is 0 Å². The maximum atomic E-state index is 6.17. The van der Waals surface area contributed by atoms with Crippen molar-refractivity contribution < 1.29 is 4.74 Å². The van der Waals surface area contributed by atoms with Crippen molar-refractivity contribution in [3.63, 3.8) is 0 Å². The first-order valence-corrected chi connectivity index (χ1v) is 7.63. The second kappa shape index (κ2) is 5.71. The standard InChI is InChI=1S/C16H34N2O/c1-9-13(10-17-14(2,3)4)18-11-15(5,6)19-16(7,8)12-18/h13,17H,9-12H2,1-8H3. The monoisotopic (exact) mass is 270 g/mol. The van der Waals surface area contributed by atoms with Crippen LogP contribution in [0.2, 0.25) is 0 Å². The van der Waals surface area contributed by atoms with Gasteiger partial charge in [0.15, 0.2) is 0 Å². The Hall–Kier alpha value is -0.120. The topological polar surface area (TPSA) is 24.5 Å². The van der Waals surface area contributed by atoms with Crippen LogP contribution in [-0.2, 0) is 4.74 Å². The molecular weight excluding hydrogens is 236 g/mol. The van der Waals surface area contributed by atoms with Crippen molar-refractivity contribution in [3.05, 3.63) is 0 Å². The predicted octanol–water partition coefficient (Wildman–Crippen LogP) is 3.04. The van der Waals surface area contributed by atoms with E-state index in [0.29, 0.717) is 6.04 Å². The van der Waals surface area contributed by atoms with Gasteiger partial charge in [0, 0.05) is 31.2 Å². The lowest BCUT2D eigenvalue weighted by atomic mass is 9.96. The molecule has 0 aromatic carbocycles. The van der Waals surface area contributed by atoms with Gasteiger partial charge in [-0.1, -0.05) is 6.92 Å². The summed E-state index contributed by atoms with van der Waals surface area (Å²) in [5, 5.41) is 3.64. The minimum Gasteiger partial charge on any atom is -0.367 e. The molecule has 1 N–H and O–H groups in total. The Morgan fingerprint density at radius 2 is 1.58 bits per heavy atom. The molecule has 0 aromatic heterocycles. The maximum Gasteiger partial charge on any atom is 0.0760 e. The van der Waals surface area contributed by atoms with Crippen molar-refractivity contribution in [3.8, 4) is 0 Å². The summed E-state index contributed by atoms with van der Waals surface area (Å²) in [5.74, 6) is 0. The third-order valence-electron chi connectivity index (χ3n) is 3.58. The molecule has 1 fully saturated rings. The summed E-state index contributed by atoms with van der Waals surface area (Å²) < 4.78 is 6.17. The molecule has 3 heteroatoms. The maximum absolute atomic E-state index is 6.17. The highest BCUT2D eigenvalue weighted by Gasteiger charge is 2.40. The third-order valence-corrected chi connectivity index (χ3v) is 3.58. The van der Waals surface area contributed by atoms with Crippen LogP contribution >= 0.6 is 0 Å². The van der Waals surface area contributed by atoms with E-state index in [1.54, 1.807) is 0 Å². The summed E-state index contributed by atoms with van der Waals surface area (Å²) in [5.41, 5.74) is 0.0680. The molecule has 0 aromatic rings. The zero-order valence-corrected chi connectivity index (χ0v) is 14.3. The van der Waals surface area contributed by atoms with E-state index in [-0.39, 0.29) is 16.7 Å². The fraction of sp³-hybridized carbons (Fsp3) is 1.00. The summed E-state index contributed by atoms with van der Waals surface area (Å²) in [6.45, 7) is 20.8. The third kappa shape index (κ3) is 5.80. The Balaban J connectivity index is 2.69.